The van der Waals surface area contributed by atoms with Gasteiger partial charge in [-0.15, -0.1) is 11.3 Å². The number of rotatable bonds is 5. The van der Waals surface area contributed by atoms with Crippen molar-refractivity contribution in [3.63, 3.8) is 0 Å². The van der Waals surface area contributed by atoms with E-state index in [1.165, 1.54) is 0 Å². The zero-order valence-electron chi connectivity index (χ0n) is 9.97. The summed E-state index contributed by atoms with van der Waals surface area (Å²) in [4.78, 5) is 17.2. The van der Waals surface area contributed by atoms with Gasteiger partial charge in [0.2, 0.25) is 11.2 Å². The highest BCUT2D eigenvalue weighted by atomic mass is 35.5. The van der Waals surface area contributed by atoms with Crippen LogP contribution in [0.2, 0.25) is 5.28 Å². The van der Waals surface area contributed by atoms with Crippen molar-refractivity contribution < 1.29 is 4.74 Å². The quantitative estimate of drug-likeness (QED) is 0.909. The number of thiazole rings is 1. The summed E-state index contributed by atoms with van der Waals surface area (Å²) >= 11 is 7.40. The Morgan fingerprint density at radius 2 is 2.22 bits per heavy atom. The lowest BCUT2D eigenvalue weighted by molar-refractivity contribution is 0.312. The highest BCUT2D eigenvalue weighted by molar-refractivity contribution is 7.11. The molecule has 0 saturated heterocycles. The third kappa shape index (κ3) is 3.51. The minimum atomic E-state index is 0.108. The molecular formula is C10H12ClN5OS. The van der Waals surface area contributed by atoms with Gasteiger partial charge in [0.25, 0.3) is 0 Å². The van der Waals surface area contributed by atoms with E-state index in [9.17, 15) is 0 Å². The summed E-state index contributed by atoms with van der Waals surface area (Å²) in [7, 11) is 0. The first kappa shape index (κ1) is 13.0. The second-order valence-electron chi connectivity index (χ2n) is 3.34. The standard InChI is InChI=1S/C10H12ClN5OS/c1-3-17-10-15-8(11)14-9(16-10)13-5-7-4-12-6(2)18-7/h4H,3,5H2,1-2H3,(H,13,14,15,16). The Balaban J connectivity index is 2.04. The Bertz CT molecular complexity index is 533. The Kier molecular flexibility index (Phi) is 4.27. The van der Waals surface area contributed by atoms with E-state index in [4.69, 9.17) is 16.3 Å². The molecule has 8 heteroatoms. The first-order valence-electron chi connectivity index (χ1n) is 5.37. The maximum Gasteiger partial charge on any atom is 0.322 e. The molecule has 0 radical (unpaired) electrons. The van der Waals surface area contributed by atoms with Crippen LogP contribution in [0.5, 0.6) is 6.01 Å². The van der Waals surface area contributed by atoms with E-state index in [-0.39, 0.29) is 11.3 Å². The second kappa shape index (κ2) is 5.92. The highest BCUT2D eigenvalue weighted by Crippen LogP contribution is 2.15. The third-order valence-corrected chi connectivity index (χ3v) is 3.03. The number of aryl methyl sites for hydroxylation is 1. The number of anilines is 1. The fourth-order valence-corrected chi connectivity index (χ4v) is 2.14. The molecule has 2 heterocycles. The van der Waals surface area contributed by atoms with Crippen LogP contribution in [0.4, 0.5) is 5.95 Å². The first-order chi connectivity index (χ1) is 8.67. The topological polar surface area (TPSA) is 72.8 Å². The minimum Gasteiger partial charge on any atom is -0.464 e. The van der Waals surface area contributed by atoms with Crippen LogP contribution in [0.3, 0.4) is 0 Å². The Hall–Kier alpha value is -1.47. The van der Waals surface area contributed by atoms with Crippen LogP contribution < -0.4 is 10.1 Å². The summed E-state index contributed by atoms with van der Waals surface area (Å²) in [5, 5.41) is 4.19. The van der Waals surface area contributed by atoms with Gasteiger partial charge in [-0.1, -0.05) is 0 Å². The van der Waals surface area contributed by atoms with E-state index in [0.29, 0.717) is 19.1 Å². The molecule has 2 aromatic rings. The zero-order chi connectivity index (χ0) is 13.0. The molecule has 2 rings (SSSR count). The van der Waals surface area contributed by atoms with Crippen molar-refractivity contribution in [1.29, 1.82) is 0 Å². The normalized spacial score (nSPS) is 10.4. The van der Waals surface area contributed by atoms with E-state index >= 15 is 0 Å². The molecule has 96 valence electrons. The summed E-state index contributed by atoms with van der Waals surface area (Å²) < 4.78 is 5.19. The van der Waals surface area contributed by atoms with Crippen LogP contribution in [0.15, 0.2) is 6.20 Å². The number of ether oxygens (including phenoxy) is 1. The van der Waals surface area contributed by atoms with Crippen LogP contribution in [-0.2, 0) is 6.54 Å². The van der Waals surface area contributed by atoms with Gasteiger partial charge in [0.15, 0.2) is 0 Å². The average Bonchev–Trinajstić information content (AvgIpc) is 2.72. The number of nitrogens with zero attached hydrogens (tertiary/aromatic N) is 4. The van der Waals surface area contributed by atoms with Crippen molar-refractivity contribution in [3.8, 4) is 6.01 Å². The fraction of sp³-hybridized carbons (Fsp3) is 0.400. The molecule has 2 aromatic heterocycles. The lowest BCUT2D eigenvalue weighted by Crippen LogP contribution is -2.06. The molecule has 1 N–H and O–H groups in total. The molecule has 0 amide bonds. The monoisotopic (exact) mass is 285 g/mol. The molecule has 0 aliphatic rings. The molecule has 0 aromatic carbocycles. The molecule has 18 heavy (non-hydrogen) atoms. The van der Waals surface area contributed by atoms with E-state index in [1.54, 1.807) is 11.3 Å². The van der Waals surface area contributed by atoms with Crippen molar-refractivity contribution in [2.24, 2.45) is 0 Å². The predicted molar refractivity (Wildman–Crippen MR) is 70.2 cm³/mol. The van der Waals surface area contributed by atoms with E-state index in [0.717, 1.165) is 9.88 Å². The van der Waals surface area contributed by atoms with E-state index in [2.05, 4.69) is 25.3 Å². The number of hydrogen-bond donors (Lipinski definition) is 1. The first-order valence-corrected chi connectivity index (χ1v) is 6.56. The third-order valence-electron chi connectivity index (χ3n) is 1.95. The largest absolute Gasteiger partial charge is 0.464 e. The van der Waals surface area contributed by atoms with Gasteiger partial charge < -0.3 is 10.1 Å². The van der Waals surface area contributed by atoms with Crippen LogP contribution in [-0.4, -0.2) is 26.5 Å². The summed E-state index contributed by atoms with van der Waals surface area (Å²) in [6, 6.07) is 0.223. The summed E-state index contributed by atoms with van der Waals surface area (Å²) in [6.07, 6.45) is 1.82. The van der Waals surface area contributed by atoms with Gasteiger partial charge in [-0.3, -0.25) is 0 Å². The van der Waals surface area contributed by atoms with Gasteiger partial charge in [-0.05, 0) is 25.4 Å². The molecule has 0 spiro atoms. The lowest BCUT2D eigenvalue weighted by Gasteiger charge is -2.05. The van der Waals surface area contributed by atoms with Gasteiger partial charge in [-0.25, -0.2) is 4.98 Å². The van der Waals surface area contributed by atoms with Crippen LogP contribution in [0.25, 0.3) is 0 Å². The summed E-state index contributed by atoms with van der Waals surface area (Å²) in [5.41, 5.74) is 0. The molecule has 0 aliphatic heterocycles. The summed E-state index contributed by atoms with van der Waals surface area (Å²) in [5.74, 6) is 0.393. The lowest BCUT2D eigenvalue weighted by atomic mass is 10.5. The molecular weight excluding hydrogens is 274 g/mol. The van der Waals surface area contributed by atoms with Crippen molar-refractivity contribution >= 4 is 28.9 Å². The maximum atomic E-state index is 5.78. The molecule has 0 atom stereocenters. The number of aromatic nitrogens is 4. The van der Waals surface area contributed by atoms with Gasteiger partial charge in [-0.2, -0.15) is 15.0 Å². The number of halogens is 1. The van der Waals surface area contributed by atoms with E-state index in [1.807, 2.05) is 20.0 Å². The van der Waals surface area contributed by atoms with Crippen LogP contribution >= 0.6 is 22.9 Å². The highest BCUT2D eigenvalue weighted by Gasteiger charge is 2.06. The Morgan fingerprint density at radius 3 is 2.89 bits per heavy atom. The fourth-order valence-electron chi connectivity index (χ4n) is 1.26. The smallest absolute Gasteiger partial charge is 0.322 e. The van der Waals surface area contributed by atoms with Gasteiger partial charge in [0.1, 0.15) is 0 Å². The molecule has 0 bridgehead atoms. The number of nitrogens with one attached hydrogen (secondary N) is 1. The second-order valence-corrected chi connectivity index (χ2v) is 5.00. The van der Waals surface area contributed by atoms with Gasteiger partial charge in [0, 0.05) is 11.1 Å². The number of hydrogen-bond acceptors (Lipinski definition) is 7. The van der Waals surface area contributed by atoms with Crippen molar-refractivity contribution in [2.45, 2.75) is 20.4 Å². The maximum absolute atomic E-state index is 5.78. The molecule has 0 fully saturated rings. The Morgan fingerprint density at radius 1 is 1.39 bits per heavy atom. The van der Waals surface area contributed by atoms with Crippen molar-refractivity contribution in [1.82, 2.24) is 19.9 Å². The van der Waals surface area contributed by atoms with Gasteiger partial charge >= 0.3 is 6.01 Å². The average molecular weight is 286 g/mol. The zero-order valence-corrected chi connectivity index (χ0v) is 11.5. The van der Waals surface area contributed by atoms with Crippen molar-refractivity contribution in [2.75, 3.05) is 11.9 Å². The minimum absolute atomic E-state index is 0.108. The molecule has 0 unspecified atom stereocenters. The van der Waals surface area contributed by atoms with Gasteiger partial charge in [0.05, 0.1) is 18.2 Å². The summed E-state index contributed by atoms with van der Waals surface area (Å²) in [6.45, 7) is 4.89. The predicted octanol–water partition coefficient (Wildman–Crippen LogP) is 2.30. The van der Waals surface area contributed by atoms with Crippen LogP contribution in [0, 0.1) is 6.92 Å². The van der Waals surface area contributed by atoms with Crippen LogP contribution in [0.1, 0.15) is 16.8 Å². The Labute approximate surface area is 113 Å². The van der Waals surface area contributed by atoms with E-state index < -0.39 is 0 Å². The molecule has 0 aliphatic carbocycles. The van der Waals surface area contributed by atoms with Crippen molar-refractivity contribution in [3.05, 3.63) is 21.4 Å². The molecule has 0 saturated carbocycles. The molecule has 6 nitrogen and oxygen atoms in total. The SMILES string of the molecule is CCOc1nc(Cl)nc(NCc2cnc(C)s2)n1.